The number of morpholine rings is 1. The molecule has 2 saturated heterocycles. The molecule has 1 N–H and O–H groups in total. The molecule has 1 unspecified atom stereocenters. The molecular weight excluding hydrogens is 462 g/mol. The Balaban J connectivity index is 1.32. The van der Waals surface area contributed by atoms with E-state index < -0.39 is 6.09 Å². The molecule has 1 amide bonds. The second-order valence-corrected chi connectivity index (χ2v) is 10.2. The number of anilines is 1. The van der Waals surface area contributed by atoms with Gasteiger partial charge in [-0.1, -0.05) is 32.9 Å². The average Bonchev–Trinajstić information content (AvgIpc) is 2.87. The third-order valence-electron chi connectivity index (χ3n) is 6.57. The van der Waals surface area contributed by atoms with Gasteiger partial charge in [0.2, 0.25) is 0 Å². The molecule has 0 aliphatic carbocycles. The van der Waals surface area contributed by atoms with Gasteiger partial charge in [-0.25, -0.2) is 14.8 Å². The molecule has 3 heterocycles. The van der Waals surface area contributed by atoms with Crippen LogP contribution in [-0.2, 0) is 11.3 Å². The maximum absolute atomic E-state index is 11.8. The van der Waals surface area contributed by atoms with Crippen LogP contribution in [0, 0.1) is 5.41 Å². The third-order valence-corrected chi connectivity index (χ3v) is 6.57. The van der Waals surface area contributed by atoms with Gasteiger partial charge in [-0.15, -0.1) is 0 Å². The number of amides is 1. The summed E-state index contributed by atoms with van der Waals surface area (Å²) in [4.78, 5) is 26.6. The zero-order valence-electron chi connectivity index (χ0n) is 21.4. The van der Waals surface area contributed by atoms with Crippen LogP contribution in [0.15, 0.2) is 36.7 Å². The van der Waals surface area contributed by atoms with Gasteiger partial charge in [-0.2, -0.15) is 0 Å². The number of aromatic nitrogens is 2. The van der Waals surface area contributed by atoms with Crippen LogP contribution in [-0.4, -0.2) is 96.2 Å². The van der Waals surface area contributed by atoms with Crippen molar-refractivity contribution in [3.63, 3.8) is 0 Å². The molecule has 2 aliphatic rings. The lowest BCUT2D eigenvalue weighted by molar-refractivity contribution is 0.0341. The summed E-state index contributed by atoms with van der Waals surface area (Å²) in [6, 6.07) is 7.96. The first-order valence-corrected chi connectivity index (χ1v) is 12.5. The van der Waals surface area contributed by atoms with Gasteiger partial charge in [0, 0.05) is 51.7 Å². The highest BCUT2D eigenvalue weighted by atomic mass is 16.5. The molecule has 2 aliphatic heterocycles. The predicted molar refractivity (Wildman–Crippen MR) is 136 cm³/mol. The summed E-state index contributed by atoms with van der Waals surface area (Å²) < 4.78 is 17.3. The molecule has 0 spiro atoms. The molecule has 0 bridgehead atoms. The molecule has 10 nitrogen and oxygen atoms in total. The van der Waals surface area contributed by atoms with Crippen molar-refractivity contribution in [2.45, 2.75) is 33.4 Å². The lowest BCUT2D eigenvalue weighted by atomic mass is 9.84. The number of ether oxygens (including phenoxy) is 3. The zero-order chi connectivity index (χ0) is 25.5. The van der Waals surface area contributed by atoms with Crippen molar-refractivity contribution in [1.82, 2.24) is 19.8 Å². The monoisotopic (exact) mass is 499 g/mol. The minimum Gasteiger partial charge on any atom is -0.490 e. The summed E-state index contributed by atoms with van der Waals surface area (Å²) >= 11 is 0. The number of piperazine rings is 1. The number of hydrogen-bond acceptors (Lipinski definition) is 8. The highest BCUT2D eigenvalue weighted by Crippen LogP contribution is 2.32. The van der Waals surface area contributed by atoms with Gasteiger partial charge in [0.25, 0.3) is 5.88 Å². The second-order valence-electron chi connectivity index (χ2n) is 10.2. The van der Waals surface area contributed by atoms with E-state index >= 15 is 0 Å². The summed E-state index contributed by atoms with van der Waals surface area (Å²) in [6.45, 7) is 12.6. The van der Waals surface area contributed by atoms with Crippen molar-refractivity contribution in [2.24, 2.45) is 5.41 Å². The molecule has 4 rings (SSSR count). The average molecular weight is 500 g/mol. The Morgan fingerprint density at radius 3 is 2.58 bits per heavy atom. The molecule has 36 heavy (non-hydrogen) atoms. The van der Waals surface area contributed by atoms with Crippen LogP contribution in [0.2, 0.25) is 0 Å². The van der Waals surface area contributed by atoms with Gasteiger partial charge in [0.15, 0.2) is 5.82 Å². The molecule has 1 atom stereocenters. The maximum Gasteiger partial charge on any atom is 0.407 e. The lowest BCUT2D eigenvalue weighted by Gasteiger charge is -2.46. The SMILES string of the molecule is CC(C)(C)C1CN(c2nccnc2OCCOc2cccc(CN3CCOCC3)c2)CCN1C(=O)O. The van der Waals surface area contributed by atoms with Crippen LogP contribution in [0.5, 0.6) is 11.6 Å². The van der Waals surface area contributed by atoms with E-state index in [-0.39, 0.29) is 11.5 Å². The van der Waals surface area contributed by atoms with Crippen molar-refractivity contribution < 1.29 is 24.1 Å². The van der Waals surface area contributed by atoms with E-state index in [0.717, 1.165) is 38.6 Å². The van der Waals surface area contributed by atoms with E-state index in [0.29, 0.717) is 44.5 Å². The quantitative estimate of drug-likeness (QED) is 0.549. The van der Waals surface area contributed by atoms with Crippen LogP contribution >= 0.6 is 0 Å². The Kier molecular flexibility index (Phi) is 8.48. The number of benzene rings is 1. The van der Waals surface area contributed by atoms with Gasteiger partial charge >= 0.3 is 6.09 Å². The van der Waals surface area contributed by atoms with Crippen molar-refractivity contribution in [3.8, 4) is 11.6 Å². The predicted octanol–water partition coefficient (Wildman–Crippen LogP) is 2.98. The van der Waals surface area contributed by atoms with Gasteiger partial charge in [0.05, 0.1) is 19.3 Å². The van der Waals surface area contributed by atoms with Gasteiger partial charge in [0.1, 0.15) is 19.0 Å². The molecular formula is C26H37N5O5. The first kappa shape index (κ1) is 26.0. The van der Waals surface area contributed by atoms with E-state index in [2.05, 4.69) is 52.7 Å². The van der Waals surface area contributed by atoms with Crippen molar-refractivity contribution in [3.05, 3.63) is 42.2 Å². The Hall–Kier alpha value is -3.11. The zero-order valence-corrected chi connectivity index (χ0v) is 21.4. The van der Waals surface area contributed by atoms with Gasteiger partial charge < -0.3 is 29.1 Å². The normalized spacial score (nSPS) is 19.2. The van der Waals surface area contributed by atoms with Crippen LogP contribution in [0.25, 0.3) is 0 Å². The van der Waals surface area contributed by atoms with Crippen LogP contribution in [0.4, 0.5) is 10.6 Å². The fourth-order valence-corrected chi connectivity index (χ4v) is 4.63. The fraction of sp³-hybridized carbons (Fsp3) is 0.577. The van der Waals surface area contributed by atoms with Crippen molar-refractivity contribution in [1.29, 1.82) is 0 Å². The summed E-state index contributed by atoms with van der Waals surface area (Å²) in [5, 5.41) is 9.65. The van der Waals surface area contributed by atoms with Gasteiger partial charge in [-0.3, -0.25) is 4.90 Å². The molecule has 2 aromatic rings. The number of carbonyl (C=O) groups is 1. The molecule has 1 aromatic carbocycles. The molecule has 2 fully saturated rings. The minimum absolute atomic E-state index is 0.174. The van der Waals surface area contributed by atoms with E-state index in [1.54, 1.807) is 12.4 Å². The number of rotatable bonds is 8. The molecule has 10 heteroatoms. The van der Waals surface area contributed by atoms with Crippen molar-refractivity contribution >= 4 is 11.9 Å². The molecule has 0 saturated carbocycles. The van der Waals surface area contributed by atoms with Crippen LogP contribution < -0.4 is 14.4 Å². The molecule has 196 valence electrons. The fourth-order valence-electron chi connectivity index (χ4n) is 4.63. The Labute approximate surface area is 212 Å². The highest BCUT2D eigenvalue weighted by Gasteiger charge is 2.39. The lowest BCUT2D eigenvalue weighted by Crippen LogP contribution is -2.59. The van der Waals surface area contributed by atoms with E-state index in [1.807, 2.05) is 12.1 Å². The summed E-state index contributed by atoms with van der Waals surface area (Å²) in [5.74, 6) is 1.87. The summed E-state index contributed by atoms with van der Waals surface area (Å²) in [5.41, 5.74) is 0.991. The maximum atomic E-state index is 11.8. The smallest absolute Gasteiger partial charge is 0.407 e. The van der Waals surface area contributed by atoms with Gasteiger partial charge in [-0.05, 0) is 23.1 Å². The Morgan fingerprint density at radius 2 is 1.83 bits per heavy atom. The first-order valence-electron chi connectivity index (χ1n) is 12.5. The third kappa shape index (κ3) is 6.76. The Morgan fingerprint density at radius 1 is 1.08 bits per heavy atom. The highest BCUT2D eigenvalue weighted by molar-refractivity contribution is 5.66. The standard InChI is InChI=1S/C26H37N5O5/c1-26(2,3)22-19-30(9-10-31(22)25(32)33)23-24(28-8-7-27-23)36-16-15-35-21-6-4-5-20(17-21)18-29-11-13-34-14-12-29/h4-8,17,22H,9-16,18-19H2,1-3H3,(H,32,33). The van der Waals surface area contributed by atoms with Crippen LogP contribution in [0.3, 0.4) is 0 Å². The number of nitrogens with zero attached hydrogens (tertiary/aromatic N) is 5. The van der Waals surface area contributed by atoms with E-state index in [9.17, 15) is 9.90 Å². The van der Waals surface area contributed by atoms with Crippen molar-refractivity contribution in [2.75, 3.05) is 64.1 Å². The summed E-state index contributed by atoms with van der Waals surface area (Å²) in [7, 11) is 0. The largest absolute Gasteiger partial charge is 0.490 e. The topological polar surface area (TPSA) is 100 Å². The minimum atomic E-state index is -0.892. The summed E-state index contributed by atoms with van der Waals surface area (Å²) in [6.07, 6.45) is 2.34. The Bertz CT molecular complexity index is 1010. The second kappa shape index (κ2) is 11.7. The number of hydrogen-bond donors (Lipinski definition) is 1. The van der Waals surface area contributed by atoms with E-state index in [4.69, 9.17) is 14.2 Å². The number of carboxylic acid groups (broad SMARTS) is 1. The van der Waals surface area contributed by atoms with E-state index in [1.165, 1.54) is 10.5 Å². The molecule has 1 aromatic heterocycles. The van der Waals surface area contributed by atoms with Crippen LogP contribution in [0.1, 0.15) is 26.3 Å². The molecule has 0 radical (unpaired) electrons. The first-order chi connectivity index (χ1) is 17.3.